The average Bonchev–Trinajstić information content (AvgIpc) is 3.16. The Hall–Kier alpha value is -1.45. The van der Waals surface area contributed by atoms with E-state index in [4.69, 9.17) is 0 Å². The standard InChI is InChI=1S/C17H21F2NO/c1-11(2)14-9-15(14)12-4-3-5-13(8-12)16(21)20-7-6-17(18,19)10-20/h3-5,8,11,14-15H,6-7,9-10H2,1-2H3/t14-,15-/m1/s1. The van der Waals surface area contributed by atoms with E-state index in [-0.39, 0.29) is 18.9 Å². The third kappa shape index (κ3) is 2.94. The van der Waals surface area contributed by atoms with Crippen molar-refractivity contribution in [3.8, 4) is 0 Å². The third-order valence-electron chi connectivity index (χ3n) is 4.71. The maximum absolute atomic E-state index is 13.2. The summed E-state index contributed by atoms with van der Waals surface area (Å²) in [6, 6.07) is 7.54. The lowest BCUT2D eigenvalue weighted by Gasteiger charge is -2.16. The molecule has 1 aromatic carbocycles. The molecule has 2 aliphatic rings. The lowest BCUT2D eigenvalue weighted by Crippen LogP contribution is -2.31. The molecule has 0 radical (unpaired) electrons. The number of likely N-dealkylation sites (tertiary alicyclic amines) is 1. The maximum Gasteiger partial charge on any atom is 0.267 e. The van der Waals surface area contributed by atoms with Gasteiger partial charge in [0.15, 0.2) is 0 Å². The highest BCUT2D eigenvalue weighted by Gasteiger charge is 2.42. The number of halogens is 2. The van der Waals surface area contributed by atoms with Crippen LogP contribution in [0.5, 0.6) is 0 Å². The summed E-state index contributed by atoms with van der Waals surface area (Å²) in [6.45, 7) is 4.13. The minimum Gasteiger partial charge on any atom is -0.332 e. The number of carbonyl (C=O) groups excluding carboxylic acids is 1. The normalized spacial score (nSPS) is 27.2. The van der Waals surface area contributed by atoms with Gasteiger partial charge < -0.3 is 4.90 Å². The van der Waals surface area contributed by atoms with Crippen molar-refractivity contribution in [2.24, 2.45) is 11.8 Å². The van der Waals surface area contributed by atoms with Crippen molar-refractivity contribution in [1.82, 2.24) is 4.90 Å². The lowest BCUT2D eigenvalue weighted by molar-refractivity contribution is 0.0120. The highest BCUT2D eigenvalue weighted by molar-refractivity contribution is 5.94. The van der Waals surface area contributed by atoms with E-state index in [1.165, 1.54) is 10.5 Å². The van der Waals surface area contributed by atoms with Crippen LogP contribution in [0.3, 0.4) is 0 Å². The van der Waals surface area contributed by atoms with Crippen molar-refractivity contribution >= 4 is 5.91 Å². The molecule has 1 amide bonds. The Bertz CT molecular complexity index is 555. The van der Waals surface area contributed by atoms with Gasteiger partial charge >= 0.3 is 0 Å². The number of carbonyl (C=O) groups is 1. The molecule has 1 aromatic rings. The fourth-order valence-corrected chi connectivity index (χ4v) is 3.33. The molecule has 0 aromatic heterocycles. The molecular weight excluding hydrogens is 272 g/mol. The molecule has 0 N–H and O–H groups in total. The van der Waals surface area contributed by atoms with E-state index in [0.717, 1.165) is 6.42 Å². The molecule has 0 unspecified atom stereocenters. The second-order valence-corrected chi connectivity index (χ2v) is 6.71. The highest BCUT2D eigenvalue weighted by Crippen LogP contribution is 2.51. The van der Waals surface area contributed by atoms with Gasteiger partial charge in [0.2, 0.25) is 0 Å². The number of rotatable bonds is 3. The smallest absolute Gasteiger partial charge is 0.267 e. The summed E-state index contributed by atoms with van der Waals surface area (Å²) in [6.07, 6.45) is 0.938. The van der Waals surface area contributed by atoms with Crippen molar-refractivity contribution in [1.29, 1.82) is 0 Å². The average molecular weight is 293 g/mol. The maximum atomic E-state index is 13.2. The largest absolute Gasteiger partial charge is 0.332 e. The Kier molecular flexibility index (Phi) is 3.50. The van der Waals surface area contributed by atoms with Crippen LogP contribution in [0.2, 0.25) is 0 Å². The molecule has 2 nitrogen and oxygen atoms in total. The number of benzene rings is 1. The zero-order chi connectivity index (χ0) is 15.2. The van der Waals surface area contributed by atoms with Gasteiger partial charge in [0, 0.05) is 18.5 Å². The first-order chi connectivity index (χ1) is 9.87. The van der Waals surface area contributed by atoms with Crippen LogP contribution in [-0.2, 0) is 0 Å². The fraction of sp³-hybridized carbons (Fsp3) is 0.588. The van der Waals surface area contributed by atoms with E-state index >= 15 is 0 Å². The number of alkyl halides is 2. The van der Waals surface area contributed by atoms with Crippen molar-refractivity contribution in [3.63, 3.8) is 0 Å². The zero-order valence-corrected chi connectivity index (χ0v) is 12.5. The van der Waals surface area contributed by atoms with Gasteiger partial charge in [-0.25, -0.2) is 8.78 Å². The molecule has 1 aliphatic heterocycles. The van der Waals surface area contributed by atoms with Crippen LogP contribution in [0.25, 0.3) is 0 Å². The van der Waals surface area contributed by atoms with E-state index < -0.39 is 12.5 Å². The van der Waals surface area contributed by atoms with Gasteiger partial charge in [-0.05, 0) is 41.9 Å². The van der Waals surface area contributed by atoms with Crippen LogP contribution in [0.15, 0.2) is 24.3 Å². The molecular formula is C17H21F2NO. The van der Waals surface area contributed by atoms with Crippen LogP contribution in [0.1, 0.15) is 48.5 Å². The molecule has 114 valence electrons. The Morgan fingerprint density at radius 2 is 2.14 bits per heavy atom. The fourth-order valence-electron chi connectivity index (χ4n) is 3.33. The molecule has 0 bridgehead atoms. The first-order valence-corrected chi connectivity index (χ1v) is 7.64. The Labute approximate surface area is 124 Å². The molecule has 21 heavy (non-hydrogen) atoms. The molecule has 1 saturated carbocycles. The zero-order valence-electron chi connectivity index (χ0n) is 12.5. The van der Waals surface area contributed by atoms with E-state index in [2.05, 4.69) is 13.8 Å². The van der Waals surface area contributed by atoms with Crippen molar-refractivity contribution in [2.75, 3.05) is 13.1 Å². The topological polar surface area (TPSA) is 20.3 Å². The van der Waals surface area contributed by atoms with Gasteiger partial charge in [-0.2, -0.15) is 0 Å². The van der Waals surface area contributed by atoms with Gasteiger partial charge in [0.05, 0.1) is 6.54 Å². The molecule has 4 heteroatoms. The van der Waals surface area contributed by atoms with Crippen molar-refractivity contribution in [2.45, 2.75) is 38.5 Å². The second kappa shape index (κ2) is 5.08. The van der Waals surface area contributed by atoms with Gasteiger partial charge in [0.25, 0.3) is 11.8 Å². The Morgan fingerprint density at radius 3 is 2.71 bits per heavy atom. The van der Waals surface area contributed by atoms with E-state index in [1.807, 2.05) is 18.2 Å². The monoisotopic (exact) mass is 293 g/mol. The lowest BCUT2D eigenvalue weighted by atomic mass is 10.0. The Balaban J connectivity index is 1.73. The number of amides is 1. The van der Waals surface area contributed by atoms with Crippen molar-refractivity contribution in [3.05, 3.63) is 35.4 Å². The summed E-state index contributed by atoms with van der Waals surface area (Å²) >= 11 is 0. The molecule has 2 fully saturated rings. The molecule has 1 saturated heterocycles. The predicted molar refractivity (Wildman–Crippen MR) is 77.6 cm³/mol. The van der Waals surface area contributed by atoms with Crippen LogP contribution < -0.4 is 0 Å². The van der Waals surface area contributed by atoms with Gasteiger partial charge in [-0.1, -0.05) is 26.0 Å². The second-order valence-electron chi connectivity index (χ2n) is 6.71. The summed E-state index contributed by atoms with van der Waals surface area (Å²) in [7, 11) is 0. The number of hydrogen-bond donors (Lipinski definition) is 0. The number of hydrogen-bond acceptors (Lipinski definition) is 1. The summed E-state index contributed by atoms with van der Waals surface area (Å²) in [5, 5.41) is 0. The van der Waals surface area contributed by atoms with Crippen LogP contribution in [-0.4, -0.2) is 29.8 Å². The van der Waals surface area contributed by atoms with Gasteiger partial charge in [0.1, 0.15) is 0 Å². The van der Waals surface area contributed by atoms with E-state index in [1.54, 1.807) is 6.07 Å². The molecule has 2 atom stereocenters. The van der Waals surface area contributed by atoms with Crippen LogP contribution in [0.4, 0.5) is 8.78 Å². The summed E-state index contributed by atoms with van der Waals surface area (Å²) < 4.78 is 26.5. The molecule has 0 spiro atoms. The van der Waals surface area contributed by atoms with Crippen LogP contribution >= 0.6 is 0 Å². The molecule has 1 aliphatic carbocycles. The third-order valence-corrected chi connectivity index (χ3v) is 4.71. The quantitative estimate of drug-likeness (QED) is 0.827. The minimum atomic E-state index is -2.73. The summed E-state index contributed by atoms with van der Waals surface area (Å²) in [5.41, 5.74) is 1.71. The number of nitrogens with zero attached hydrogens (tertiary/aromatic N) is 1. The Morgan fingerprint density at radius 1 is 1.38 bits per heavy atom. The highest BCUT2D eigenvalue weighted by atomic mass is 19.3. The van der Waals surface area contributed by atoms with Crippen LogP contribution in [0, 0.1) is 11.8 Å². The van der Waals surface area contributed by atoms with E-state index in [9.17, 15) is 13.6 Å². The minimum absolute atomic E-state index is 0.147. The predicted octanol–water partition coefficient (Wildman–Crippen LogP) is 3.93. The SMILES string of the molecule is CC(C)[C@H]1C[C@@H]1c1cccc(C(=O)N2CCC(F)(F)C2)c1. The molecule has 3 rings (SSSR count). The first kappa shape index (κ1) is 14.5. The van der Waals surface area contributed by atoms with E-state index in [0.29, 0.717) is 23.3 Å². The van der Waals surface area contributed by atoms with Crippen molar-refractivity contribution < 1.29 is 13.6 Å². The summed E-state index contributed by atoms with van der Waals surface area (Å²) in [5.74, 6) is -1.14. The van der Waals surface area contributed by atoms with Gasteiger partial charge in [-0.15, -0.1) is 0 Å². The first-order valence-electron chi connectivity index (χ1n) is 7.64. The summed E-state index contributed by atoms with van der Waals surface area (Å²) in [4.78, 5) is 13.6. The molecule has 1 heterocycles. The van der Waals surface area contributed by atoms with Gasteiger partial charge in [-0.3, -0.25) is 4.79 Å².